The molecule has 2 amide bonds. The van der Waals surface area contributed by atoms with Gasteiger partial charge in [0.25, 0.3) is 0 Å². The Kier molecular flexibility index (Phi) is 4.26. The summed E-state index contributed by atoms with van der Waals surface area (Å²) in [4.78, 5) is 34.4. The number of benzene rings is 1. The lowest BCUT2D eigenvalue weighted by Crippen LogP contribution is -2.38. The minimum Gasteiger partial charge on any atom is -0.467 e. The molecule has 1 fully saturated rings. The van der Waals surface area contributed by atoms with E-state index in [2.05, 4.69) is 6.58 Å². The van der Waals surface area contributed by atoms with E-state index in [1.165, 1.54) is 28.4 Å². The lowest BCUT2D eigenvalue weighted by molar-refractivity contribution is -0.146. The normalized spacial score (nSPS) is 20.9. The van der Waals surface area contributed by atoms with Crippen molar-refractivity contribution in [3.63, 3.8) is 0 Å². The Morgan fingerprint density at radius 1 is 1.38 bits per heavy atom. The molecule has 2 bridgehead atoms. The maximum absolute atomic E-state index is 12.9. The van der Waals surface area contributed by atoms with Gasteiger partial charge in [0.05, 0.1) is 13.7 Å². The highest BCUT2D eigenvalue weighted by Crippen LogP contribution is 2.48. The second-order valence-corrected chi connectivity index (χ2v) is 7.25. The number of hydroxylamine groups is 2. The highest BCUT2D eigenvalue weighted by atomic mass is 32.1. The Balaban J connectivity index is 1.67. The van der Waals surface area contributed by atoms with Crippen molar-refractivity contribution in [2.45, 2.75) is 18.7 Å². The van der Waals surface area contributed by atoms with Crippen LogP contribution >= 0.6 is 11.3 Å². The summed E-state index contributed by atoms with van der Waals surface area (Å²) in [5, 5.41) is 1.38. The Morgan fingerprint density at radius 2 is 2.15 bits per heavy atom. The molecule has 134 valence electrons. The van der Waals surface area contributed by atoms with Gasteiger partial charge in [-0.2, -0.15) is 5.06 Å². The molecule has 0 unspecified atom stereocenters. The highest BCUT2D eigenvalue weighted by molar-refractivity contribution is 7.13. The first-order chi connectivity index (χ1) is 12.6. The quantitative estimate of drug-likeness (QED) is 0.756. The molecule has 2 aliphatic heterocycles. The minimum atomic E-state index is -0.734. The summed E-state index contributed by atoms with van der Waals surface area (Å²) in [5.41, 5.74) is 1.90. The van der Waals surface area contributed by atoms with Gasteiger partial charge in [-0.05, 0) is 17.2 Å². The Bertz CT molecular complexity index is 864. The first kappa shape index (κ1) is 16.8. The average Bonchev–Trinajstić information content (AvgIpc) is 3.22. The highest BCUT2D eigenvalue weighted by Gasteiger charge is 2.52. The largest absolute Gasteiger partial charge is 0.467 e. The molecule has 0 spiro atoms. The molecule has 0 aliphatic carbocycles. The van der Waals surface area contributed by atoms with Gasteiger partial charge in [0.15, 0.2) is 6.04 Å². The second kappa shape index (κ2) is 6.59. The molecule has 1 saturated heterocycles. The molecule has 4 rings (SSSR count). The van der Waals surface area contributed by atoms with E-state index in [4.69, 9.17) is 9.57 Å². The predicted octanol–water partition coefficient (Wildman–Crippen LogP) is 3.53. The Labute approximate surface area is 155 Å². The second-order valence-electron chi connectivity index (χ2n) is 6.13. The molecule has 1 aromatic heterocycles. The first-order valence-electron chi connectivity index (χ1n) is 8.24. The van der Waals surface area contributed by atoms with Crippen LogP contribution in [0.2, 0.25) is 0 Å². The summed E-state index contributed by atoms with van der Waals surface area (Å²) in [5.74, 6) is -0.444. The van der Waals surface area contributed by atoms with E-state index in [0.29, 0.717) is 6.54 Å². The number of thiophene rings is 1. The van der Waals surface area contributed by atoms with E-state index < -0.39 is 12.0 Å². The van der Waals surface area contributed by atoms with Crippen molar-refractivity contribution in [1.29, 1.82) is 0 Å². The molecule has 2 aromatic rings. The van der Waals surface area contributed by atoms with Crippen LogP contribution < -0.4 is 0 Å². The van der Waals surface area contributed by atoms with Crippen molar-refractivity contribution < 1.29 is 19.2 Å². The number of nitrogens with zero attached hydrogens (tertiary/aromatic N) is 2. The number of carbonyl (C=O) groups is 2. The molecule has 0 radical (unpaired) electrons. The molecule has 2 atom stereocenters. The number of methoxy groups -OCH3 is 1. The molecule has 2 aliphatic rings. The van der Waals surface area contributed by atoms with Crippen LogP contribution in [0.25, 0.3) is 6.08 Å². The lowest BCUT2D eigenvalue weighted by atomic mass is 9.99. The molecular formula is C19H18N2O4S. The van der Waals surface area contributed by atoms with Crippen molar-refractivity contribution >= 4 is 29.4 Å². The lowest BCUT2D eigenvalue weighted by Gasteiger charge is -2.28. The summed E-state index contributed by atoms with van der Waals surface area (Å²) in [6.07, 6.45) is 1.75. The van der Waals surface area contributed by atoms with Crippen molar-refractivity contribution in [3.05, 3.63) is 63.9 Å². The fraction of sp³-hybridized carbons (Fsp3) is 0.263. The van der Waals surface area contributed by atoms with Gasteiger partial charge in [-0.3, -0.25) is 4.84 Å². The van der Waals surface area contributed by atoms with Crippen LogP contribution in [0.3, 0.4) is 0 Å². The number of fused-ring (bicyclic) bond motifs is 4. The zero-order valence-electron chi connectivity index (χ0n) is 14.3. The van der Waals surface area contributed by atoms with Gasteiger partial charge in [0.2, 0.25) is 0 Å². The average molecular weight is 370 g/mol. The summed E-state index contributed by atoms with van der Waals surface area (Å²) in [6, 6.07) is 10.3. The van der Waals surface area contributed by atoms with Crippen LogP contribution in [0.4, 0.5) is 4.79 Å². The van der Waals surface area contributed by atoms with Crippen LogP contribution in [0.1, 0.15) is 33.0 Å². The van der Waals surface area contributed by atoms with E-state index in [1.54, 1.807) is 6.08 Å². The molecular weight excluding hydrogens is 352 g/mol. The molecule has 7 heteroatoms. The molecule has 0 saturated carbocycles. The Morgan fingerprint density at radius 3 is 2.85 bits per heavy atom. The topological polar surface area (TPSA) is 59.1 Å². The van der Waals surface area contributed by atoms with E-state index in [1.807, 2.05) is 36.4 Å². The van der Waals surface area contributed by atoms with Crippen molar-refractivity contribution in [2.75, 3.05) is 13.7 Å². The third-order valence-electron chi connectivity index (χ3n) is 4.65. The molecule has 3 heterocycles. The van der Waals surface area contributed by atoms with Crippen molar-refractivity contribution in [3.8, 4) is 0 Å². The standard InChI is InChI=1S/C19H18N2O4S/c1-3-13-9-14-15-10-20(16(17(14)26-13)18(22)24-2)19(23)21(15)25-11-12-7-5-4-6-8-12/h3-9,15-16H,1,10-11H2,2H3/t15-,16+/m1/s1. The fourth-order valence-electron chi connectivity index (χ4n) is 3.40. The number of hydrogen-bond donors (Lipinski definition) is 0. The van der Waals surface area contributed by atoms with Gasteiger partial charge in [-0.1, -0.05) is 43.0 Å². The maximum atomic E-state index is 12.9. The summed E-state index contributed by atoms with van der Waals surface area (Å²) in [7, 11) is 1.33. The molecule has 0 N–H and O–H groups in total. The Hall–Kier alpha value is -2.64. The summed E-state index contributed by atoms with van der Waals surface area (Å²) in [6.45, 7) is 4.49. The van der Waals surface area contributed by atoms with Crippen LogP contribution in [-0.2, 0) is 21.0 Å². The summed E-state index contributed by atoms with van der Waals surface area (Å²) < 4.78 is 4.94. The van der Waals surface area contributed by atoms with Gasteiger partial charge in [0, 0.05) is 9.75 Å². The fourth-order valence-corrected chi connectivity index (χ4v) is 4.58. The van der Waals surface area contributed by atoms with Crippen molar-refractivity contribution in [2.24, 2.45) is 0 Å². The third kappa shape index (κ3) is 2.60. The van der Waals surface area contributed by atoms with Gasteiger partial charge >= 0.3 is 12.0 Å². The van der Waals surface area contributed by atoms with E-state index >= 15 is 0 Å². The van der Waals surface area contributed by atoms with Gasteiger partial charge in [-0.25, -0.2) is 9.59 Å². The SMILES string of the molecule is C=Cc1cc2c(s1)[C@@H](C(=O)OC)N1C[C@H]2N(OCc2ccccc2)C1=O. The number of urea groups is 1. The third-order valence-corrected chi connectivity index (χ3v) is 5.85. The zero-order chi connectivity index (χ0) is 18.3. The van der Waals surface area contributed by atoms with Crippen molar-refractivity contribution in [1.82, 2.24) is 9.96 Å². The number of hydrogen-bond acceptors (Lipinski definition) is 5. The van der Waals surface area contributed by atoms with E-state index in [9.17, 15) is 9.59 Å². The van der Waals surface area contributed by atoms with E-state index in [0.717, 1.165) is 20.9 Å². The number of rotatable bonds is 5. The predicted molar refractivity (Wildman–Crippen MR) is 97.1 cm³/mol. The summed E-state index contributed by atoms with van der Waals surface area (Å²) >= 11 is 1.46. The number of carbonyl (C=O) groups excluding carboxylic acids is 2. The van der Waals surface area contributed by atoms with Crippen LogP contribution in [0.5, 0.6) is 0 Å². The number of esters is 1. The number of ether oxygens (including phenoxy) is 1. The maximum Gasteiger partial charge on any atom is 0.345 e. The van der Waals surface area contributed by atoms with Gasteiger partial charge in [-0.15, -0.1) is 11.3 Å². The molecule has 6 nitrogen and oxygen atoms in total. The van der Waals surface area contributed by atoms with E-state index in [-0.39, 0.29) is 18.7 Å². The minimum absolute atomic E-state index is 0.243. The monoisotopic (exact) mass is 370 g/mol. The molecule has 26 heavy (non-hydrogen) atoms. The smallest absolute Gasteiger partial charge is 0.345 e. The molecule has 1 aromatic carbocycles. The van der Waals surface area contributed by atoms with Gasteiger partial charge < -0.3 is 9.64 Å². The van der Waals surface area contributed by atoms with Crippen LogP contribution in [0, 0.1) is 0 Å². The number of amides is 2. The van der Waals surface area contributed by atoms with Crippen LogP contribution in [-0.4, -0.2) is 35.6 Å². The first-order valence-corrected chi connectivity index (χ1v) is 9.06. The zero-order valence-corrected chi connectivity index (χ0v) is 15.1. The van der Waals surface area contributed by atoms with Crippen LogP contribution in [0.15, 0.2) is 43.0 Å². The van der Waals surface area contributed by atoms with Gasteiger partial charge in [0.1, 0.15) is 12.6 Å².